The maximum absolute atomic E-state index is 11.6. The molecule has 104 valence electrons. The fourth-order valence-corrected chi connectivity index (χ4v) is 1.57. The lowest BCUT2D eigenvalue weighted by Gasteiger charge is -2.18. The van der Waals surface area contributed by atoms with Crippen molar-refractivity contribution in [3.05, 3.63) is 12.7 Å². The monoisotopic (exact) mass is 256 g/mol. The summed E-state index contributed by atoms with van der Waals surface area (Å²) in [7, 11) is 0. The zero-order chi connectivity index (χ0) is 14.1. The summed E-state index contributed by atoms with van der Waals surface area (Å²) in [5.74, 6) is -0.909. The van der Waals surface area contributed by atoms with Gasteiger partial charge in [-0.3, -0.25) is 9.59 Å². The molecule has 2 amide bonds. The second-order valence-corrected chi connectivity index (χ2v) is 4.83. The number of hydrogen-bond donors (Lipinski definition) is 3. The van der Waals surface area contributed by atoms with E-state index in [2.05, 4.69) is 11.9 Å². The van der Waals surface area contributed by atoms with E-state index in [-0.39, 0.29) is 5.92 Å². The lowest BCUT2D eigenvalue weighted by atomic mass is 10.0. The Labute approximate surface area is 108 Å². The van der Waals surface area contributed by atoms with Crippen LogP contribution in [0.3, 0.4) is 0 Å². The molecule has 2 atom stereocenters. The molecule has 0 aliphatic carbocycles. The molecule has 5 nitrogen and oxygen atoms in total. The maximum Gasteiger partial charge on any atom is 0.249 e. The van der Waals surface area contributed by atoms with Gasteiger partial charge in [-0.05, 0) is 31.6 Å². The lowest BCUT2D eigenvalue weighted by Crippen LogP contribution is -2.48. The molecule has 0 aromatic rings. The van der Waals surface area contributed by atoms with E-state index in [1.807, 2.05) is 13.8 Å². The van der Waals surface area contributed by atoms with Gasteiger partial charge in [-0.15, -0.1) is 6.58 Å². The van der Waals surface area contributed by atoms with Gasteiger partial charge in [-0.1, -0.05) is 19.9 Å². The van der Waals surface area contributed by atoms with Crippen LogP contribution in [0.1, 0.15) is 39.5 Å². The van der Waals surface area contributed by atoms with Crippen LogP contribution in [0.25, 0.3) is 0 Å². The molecule has 0 saturated heterocycles. The number of carbonyl (C=O) groups excluding carboxylic acids is 2. The van der Waals surface area contributed by atoms with Crippen molar-refractivity contribution >= 4 is 11.8 Å². The Morgan fingerprint density at radius 1 is 1.44 bits per heavy atom. The first kappa shape index (κ1) is 16.6. The molecule has 0 aromatic carbocycles. The van der Waals surface area contributed by atoms with E-state index < -0.39 is 24.0 Å². The number of hydrogen-bond acceptors (Lipinski definition) is 3. The summed E-state index contributed by atoms with van der Waals surface area (Å²) in [5.41, 5.74) is 5.21. The summed E-state index contributed by atoms with van der Waals surface area (Å²) < 4.78 is 0. The maximum atomic E-state index is 11.6. The average Bonchev–Trinajstić information content (AvgIpc) is 2.26. The van der Waals surface area contributed by atoms with Gasteiger partial charge in [0.15, 0.2) is 0 Å². The van der Waals surface area contributed by atoms with Gasteiger partial charge in [0.2, 0.25) is 11.8 Å². The summed E-state index contributed by atoms with van der Waals surface area (Å²) in [4.78, 5) is 22.8. The van der Waals surface area contributed by atoms with E-state index in [4.69, 9.17) is 5.73 Å². The molecule has 0 heterocycles. The zero-order valence-electron chi connectivity index (χ0n) is 11.2. The van der Waals surface area contributed by atoms with Crippen LogP contribution < -0.4 is 11.1 Å². The molecular formula is C13H24N2O3. The van der Waals surface area contributed by atoms with Crippen molar-refractivity contribution in [2.45, 2.75) is 51.7 Å². The van der Waals surface area contributed by atoms with Gasteiger partial charge in [0, 0.05) is 0 Å². The van der Waals surface area contributed by atoms with Gasteiger partial charge in [0.1, 0.15) is 12.1 Å². The van der Waals surface area contributed by atoms with Gasteiger partial charge in [0.05, 0.1) is 0 Å². The minimum atomic E-state index is -1.09. The van der Waals surface area contributed by atoms with Crippen LogP contribution >= 0.6 is 0 Å². The summed E-state index contributed by atoms with van der Waals surface area (Å²) in [6.07, 6.45) is 2.96. The van der Waals surface area contributed by atoms with Gasteiger partial charge in [0.25, 0.3) is 0 Å². The first-order valence-corrected chi connectivity index (χ1v) is 6.27. The Morgan fingerprint density at radius 3 is 2.50 bits per heavy atom. The van der Waals surface area contributed by atoms with Crippen molar-refractivity contribution < 1.29 is 14.7 Å². The van der Waals surface area contributed by atoms with Crippen LogP contribution in [0.2, 0.25) is 0 Å². The van der Waals surface area contributed by atoms with Gasteiger partial charge in [-0.25, -0.2) is 0 Å². The molecule has 0 spiro atoms. The lowest BCUT2D eigenvalue weighted by molar-refractivity contribution is -0.133. The molecule has 0 aromatic heterocycles. The molecule has 0 bridgehead atoms. The molecule has 4 N–H and O–H groups in total. The quantitative estimate of drug-likeness (QED) is 0.419. The summed E-state index contributed by atoms with van der Waals surface area (Å²) in [6, 6.07) is -0.723. The predicted octanol–water partition coefficient (Wildman–Crippen LogP) is 0.720. The van der Waals surface area contributed by atoms with Gasteiger partial charge in [-0.2, -0.15) is 0 Å². The number of unbranched alkanes of at least 4 members (excludes halogenated alkanes) is 1. The highest BCUT2D eigenvalue weighted by molar-refractivity contribution is 5.88. The number of aliphatic hydroxyl groups excluding tert-OH is 1. The van der Waals surface area contributed by atoms with Crippen molar-refractivity contribution in [2.24, 2.45) is 11.7 Å². The average molecular weight is 256 g/mol. The standard InChI is InChI=1S/C13H24N2O3/c1-4-5-6-7-10(12(14)17)15-13(18)11(16)8-9(2)3/h4,9-11,16H,1,5-8H2,2-3H3,(H2,14,17)(H,15,18)/t10-,11+/m0/s1. The Morgan fingerprint density at radius 2 is 2.06 bits per heavy atom. The first-order valence-electron chi connectivity index (χ1n) is 6.27. The smallest absolute Gasteiger partial charge is 0.249 e. The first-order chi connectivity index (χ1) is 8.38. The topological polar surface area (TPSA) is 92.4 Å². The van der Waals surface area contributed by atoms with Gasteiger partial charge >= 0.3 is 0 Å². The molecular weight excluding hydrogens is 232 g/mol. The van der Waals surface area contributed by atoms with Crippen molar-refractivity contribution in [1.82, 2.24) is 5.32 Å². The van der Waals surface area contributed by atoms with Crippen LogP contribution in [-0.2, 0) is 9.59 Å². The largest absolute Gasteiger partial charge is 0.383 e. The van der Waals surface area contributed by atoms with Crippen LogP contribution in [0, 0.1) is 5.92 Å². The predicted molar refractivity (Wildman–Crippen MR) is 70.6 cm³/mol. The summed E-state index contributed by atoms with van der Waals surface area (Å²) >= 11 is 0. The fourth-order valence-electron chi connectivity index (χ4n) is 1.57. The highest BCUT2D eigenvalue weighted by Gasteiger charge is 2.22. The minimum absolute atomic E-state index is 0.207. The molecule has 0 aliphatic rings. The highest BCUT2D eigenvalue weighted by atomic mass is 16.3. The molecule has 0 aliphatic heterocycles. The van der Waals surface area contributed by atoms with Crippen molar-refractivity contribution in [1.29, 1.82) is 0 Å². The molecule has 18 heavy (non-hydrogen) atoms. The third-order valence-electron chi connectivity index (χ3n) is 2.56. The Balaban J connectivity index is 4.26. The normalized spacial score (nSPS) is 14.0. The summed E-state index contributed by atoms with van der Waals surface area (Å²) in [6.45, 7) is 7.40. The number of carbonyl (C=O) groups is 2. The van der Waals surface area contributed by atoms with E-state index in [1.54, 1.807) is 6.08 Å². The van der Waals surface area contributed by atoms with Crippen LogP contribution in [0.4, 0.5) is 0 Å². The SMILES string of the molecule is C=CCCC[C@H](NC(=O)[C@H](O)CC(C)C)C(N)=O. The van der Waals surface area contributed by atoms with E-state index in [0.29, 0.717) is 12.8 Å². The number of rotatable bonds is 9. The number of amides is 2. The molecule has 0 saturated carbocycles. The van der Waals surface area contributed by atoms with Gasteiger partial charge < -0.3 is 16.2 Å². The van der Waals surface area contributed by atoms with E-state index in [9.17, 15) is 14.7 Å². The molecule has 0 unspecified atom stereocenters. The number of nitrogens with two attached hydrogens (primary N) is 1. The number of primary amides is 1. The van der Waals surface area contributed by atoms with Crippen LogP contribution in [-0.4, -0.2) is 29.1 Å². The van der Waals surface area contributed by atoms with E-state index in [0.717, 1.165) is 12.8 Å². The van der Waals surface area contributed by atoms with E-state index >= 15 is 0 Å². The Hall–Kier alpha value is -1.36. The summed E-state index contributed by atoms with van der Waals surface area (Å²) in [5, 5.41) is 12.1. The Kier molecular flexibility index (Phi) is 8.03. The molecule has 0 rings (SSSR count). The molecule has 0 radical (unpaired) electrons. The number of nitrogens with one attached hydrogen (secondary N) is 1. The van der Waals surface area contributed by atoms with Crippen molar-refractivity contribution in [2.75, 3.05) is 0 Å². The van der Waals surface area contributed by atoms with Crippen molar-refractivity contribution in [3.8, 4) is 0 Å². The third kappa shape index (κ3) is 7.06. The second-order valence-electron chi connectivity index (χ2n) is 4.83. The second kappa shape index (κ2) is 8.69. The van der Waals surface area contributed by atoms with Crippen LogP contribution in [0.15, 0.2) is 12.7 Å². The third-order valence-corrected chi connectivity index (χ3v) is 2.56. The Bertz CT molecular complexity index is 290. The highest BCUT2D eigenvalue weighted by Crippen LogP contribution is 2.06. The van der Waals surface area contributed by atoms with Crippen LogP contribution in [0.5, 0.6) is 0 Å². The molecule has 0 fully saturated rings. The number of aliphatic hydroxyl groups is 1. The molecule has 5 heteroatoms. The van der Waals surface area contributed by atoms with E-state index in [1.165, 1.54) is 0 Å². The fraction of sp³-hybridized carbons (Fsp3) is 0.692. The number of allylic oxidation sites excluding steroid dienone is 1. The zero-order valence-corrected chi connectivity index (χ0v) is 11.2. The van der Waals surface area contributed by atoms with Crippen molar-refractivity contribution in [3.63, 3.8) is 0 Å². The minimum Gasteiger partial charge on any atom is -0.383 e.